The highest BCUT2D eigenvalue weighted by atomic mass is 32.1. The summed E-state index contributed by atoms with van der Waals surface area (Å²) in [5.74, 6) is -9.37. The van der Waals surface area contributed by atoms with Gasteiger partial charge >= 0.3 is 29.3 Å². The van der Waals surface area contributed by atoms with Crippen molar-refractivity contribution in [3.63, 3.8) is 0 Å². The van der Waals surface area contributed by atoms with Gasteiger partial charge in [0.2, 0.25) is 0 Å². The predicted molar refractivity (Wildman–Crippen MR) is 65.2 cm³/mol. The molecule has 0 fully saturated rings. The molecule has 0 aromatic rings. The van der Waals surface area contributed by atoms with E-state index < -0.39 is 54.0 Å². The summed E-state index contributed by atoms with van der Waals surface area (Å²) in [6.07, 6.45) is -8.68. The highest BCUT2D eigenvalue weighted by molar-refractivity contribution is 7.81. The maximum atomic E-state index is 13.6. The van der Waals surface area contributed by atoms with E-state index in [4.69, 9.17) is 0 Å². The third kappa shape index (κ3) is 6.67. The van der Waals surface area contributed by atoms with Crippen LogP contribution in [0.4, 0.5) is 30.7 Å². The van der Waals surface area contributed by atoms with Crippen molar-refractivity contribution in [3.8, 4) is 0 Å². The Bertz CT molecular complexity index is 470. The van der Waals surface area contributed by atoms with E-state index in [1.165, 1.54) is 0 Å². The largest absolute Gasteiger partial charge is 0.454 e. The number of esters is 2. The van der Waals surface area contributed by atoms with Crippen molar-refractivity contribution in [2.24, 2.45) is 0 Å². The minimum absolute atomic E-state index is 0.795. The van der Waals surface area contributed by atoms with Gasteiger partial charge in [-0.25, -0.2) is 9.59 Å². The molecule has 0 aromatic carbocycles. The Hall–Kier alpha value is -1.46. The zero-order valence-electron chi connectivity index (χ0n) is 11.4. The van der Waals surface area contributed by atoms with Crippen molar-refractivity contribution in [1.82, 2.24) is 0 Å². The van der Waals surface area contributed by atoms with Crippen molar-refractivity contribution in [2.45, 2.75) is 36.8 Å². The summed E-state index contributed by atoms with van der Waals surface area (Å²) in [5.41, 5.74) is -2.07. The zero-order valence-corrected chi connectivity index (χ0v) is 12.3. The molecule has 0 aliphatic heterocycles. The van der Waals surface area contributed by atoms with Gasteiger partial charge in [0.25, 0.3) is 0 Å². The number of thiol groups is 1. The molecule has 0 aromatic heterocycles. The Morgan fingerprint density at radius 3 is 1.96 bits per heavy atom. The third-order valence-electron chi connectivity index (χ3n) is 2.26. The first-order valence-electron chi connectivity index (χ1n) is 5.75. The van der Waals surface area contributed by atoms with E-state index >= 15 is 0 Å². The second-order valence-corrected chi connectivity index (χ2v) is 4.80. The Labute approximate surface area is 131 Å². The number of alkyl halides is 7. The molecule has 0 saturated carbocycles. The van der Waals surface area contributed by atoms with Gasteiger partial charge in [0.05, 0.1) is 0 Å². The summed E-state index contributed by atoms with van der Waals surface area (Å²) in [6, 6.07) is 0. The van der Waals surface area contributed by atoms with Crippen LogP contribution in [0, 0.1) is 0 Å². The Morgan fingerprint density at radius 2 is 1.61 bits per heavy atom. The van der Waals surface area contributed by atoms with Gasteiger partial charge in [-0.1, -0.05) is 13.5 Å². The average Bonchev–Trinajstić information content (AvgIpc) is 2.38. The summed E-state index contributed by atoms with van der Waals surface area (Å²) < 4.78 is 96.0. The molecule has 0 radical (unpaired) electrons. The van der Waals surface area contributed by atoms with Crippen molar-refractivity contribution in [1.29, 1.82) is 0 Å². The van der Waals surface area contributed by atoms with Gasteiger partial charge in [-0.15, -0.1) is 12.6 Å². The Balaban J connectivity index is 5.03. The lowest BCUT2D eigenvalue weighted by atomic mass is 10.1. The Kier molecular flexibility index (Phi) is 6.94. The molecule has 0 saturated heterocycles. The first-order valence-corrected chi connectivity index (χ1v) is 6.20. The van der Waals surface area contributed by atoms with Crippen LogP contribution < -0.4 is 0 Å². The van der Waals surface area contributed by atoms with Crippen LogP contribution in [0.2, 0.25) is 0 Å². The van der Waals surface area contributed by atoms with Gasteiger partial charge in [-0.3, -0.25) is 0 Å². The van der Waals surface area contributed by atoms with Gasteiger partial charge in [-0.2, -0.15) is 30.7 Å². The second kappa shape index (κ2) is 7.41. The molecule has 0 amide bonds. The van der Waals surface area contributed by atoms with Gasteiger partial charge < -0.3 is 9.47 Å². The molecule has 134 valence electrons. The fourth-order valence-electron chi connectivity index (χ4n) is 1.11. The summed E-state index contributed by atoms with van der Waals surface area (Å²) in [4.78, 5) is 22.2. The summed E-state index contributed by atoms with van der Waals surface area (Å²) in [6.45, 7) is 1.50. The number of rotatable bonds is 7. The standard InChI is InChI=1S/C11H11F7O4S/c1-3-6(22-7(19)5(2)11(16,17)18)10(14,15)8(20)21-4-9(12,13)23/h6,23H,2-4H2,1H3. The molecule has 0 aliphatic rings. The quantitative estimate of drug-likeness (QED) is 0.323. The van der Waals surface area contributed by atoms with Gasteiger partial charge in [0, 0.05) is 0 Å². The second-order valence-electron chi connectivity index (χ2n) is 4.14. The van der Waals surface area contributed by atoms with Gasteiger partial charge in [0.1, 0.15) is 5.57 Å². The number of carbonyl (C=O) groups excluding carboxylic acids is 2. The first kappa shape index (κ1) is 21.5. The Morgan fingerprint density at radius 1 is 1.13 bits per heavy atom. The van der Waals surface area contributed by atoms with Crippen molar-refractivity contribution in [3.05, 3.63) is 12.2 Å². The predicted octanol–water partition coefficient (Wildman–Crippen LogP) is 3.13. The molecular weight excluding hydrogens is 361 g/mol. The third-order valence-corrected chi connectivity index (χ3v) is 2.39. The van der Waals surface area contributed by atoms with Crippen LogP contribution >= 0.6 is 12.6 Å². The number of carbonyl (C=O) groups is 2. The number of ether oxygens (including phenoxy) is 2. The average molecular weight is 372 g/mol. The molecular formula is C11H11F7O4S. The van der Waals surface area contributed by atoms with Crippen LogP contribution in [0.5, 0.6) is 0 Å². The fourth-order valence-corrected chi connectivity index (χ4v) is 1.17. The van der Waals surface area contributed by atoms with E-state index in [1.807, 2.05) is 0 Å². The zero-order chi connectivity index (χ0) is 18.6. The molecule has 12 heteroatoms. The maximum absolute atomic E-state index is 13.6. The molecule has 0 rings (SSSR count). The van der Waals surface area contributed by atoms with Crippen molar-refractivity contribution >= 4 is 24.6 Å². The molecule has 23 heavy (non-hydrogen) atoms. The molecule has 1 atom stereocenters. The lowest BCUT2D eigenvalue weighted by Gasteiger charge is -2.25. The van der Waals surface area contributed by atoms with Crippen LogP contribution in [0.15, 0.2) is 12.2 Å². The normalized spacial score (nSPS) is 14.1. The van der Waals surface area contributed by atoms with Crippen LogP contribution in [0.25, 0.3) is 0 Å². The maximum Gasteiger partial charge on any atom is 0.422 e. The van der Waals surface area contributed by atoms with E-state index in [1.54, 1.807) is 0 Å². The highest BCUT2D eigenvalue weighted by Gasteiger charge is 2.52. The highest BCUT2D eigenvalue weighted by Crippen LogP contribution is 2.30. The van der Waals surface area contributed by atoms with E-state index in [0.29, 0.717) is 0 Å². The summed E-state index contributed by atoms with van der Waals surface area (Å²) in [7, 11) is 0. The molecule has 1 unspecified atom stereocenters. The smallest absolute Gasteiger partial charge is 0.422 e. The SMILES string of the molecule is C=C(C(=O)OC(CC)C(F)(F)C(=O)OCC(F)(F)S)C(F)(F)F. The molecule has 0 N–H and O–H groups in total. The number of hydrogen-bond donors (Lipinski definition) is 1. The van der Waals surface area contributed by atoms with E-state index in [9.17, 15) is 40.3 Å². The van der Waals surface area contributed by atoms with Crippen LogP contribution in [0.3, 0.4) is 0 Å². The van der Waals surface area contributed by atoms with Crippen LogP contribution in [-0.4, -0.2) is 42.0 Å². The summed E-state index contributed by atoms with van der Waals surface area (Å²) in [5, 5.41) is -3.89. The van der Waals surface area contributed by atoms with Crippen LogP contribution in [-0.2, 0) is 19.1 Å². The molecule has 4 nitrogen and oxygen atoms in total. The van der Waals surface area contributed by atoms with E-state index in [0.717, 1.165) is 6.92 Å². The van der Waals surface area contributed by atoms with E-state index in [2.05, 4.69) is 28.7 Å². The van der Waals surface area contributed by atoms with E-state index in [-0.39, 0.29) is 0 Å². The first-order chi connectivity index (χ1) is 10.1. The number of halogens is 7. The molecule has 0 spiro atoms. The topological polar surface area (TPSA) is 52.6 Å². The van der Waals surface area contributed by atoms with Crippen LogP contribution in [0.1, 0.15) is 13.3 Å². The minimum Gasteiger partial charge on any atom is -0.454 e. The lowest BCUT2D eigenvalue weighted by Crippen LogP contribution is -2.46. The summed E-state index contributed by atoms with van der Waals surface area (Å²) >= 11 is 2.64. The fraction of sp³-hybridized carbons (Fsp3) is 0.636. The van der Waals surface area contributed by atoms with Gasteiger partial charge in [-0.05, 0) is 6.42 Å². The number of hydrogen-bond acceptors (Lipinski definition) is 5. The molecule has 0 aliphatic carbocycles. The van der Waals surface area contributed by atoms with Gasteiger partial charge in [0.15, 0.2) is 12.7 Å². The lowest BCUT2D eigenvalue weighted by molar-refractivity contribution is -0.202. The minimum atomic E-state index is -5.22. The molecule has 0 heterocycles. The van der Waals surface area contributed by atoms with Crippen molar-refractivity contribution < 1.29 is 49.8 Å². The van der Waals surface area contributed by atoms with Crippen molar-refractivity contribution in [2.75, 3.05) is 6.61 Å². The monoisotopic (exact) mass is 372 g/mol. The molecule has 0 bridgehead atoms.